The Hall–Kier alpha value is -1.26. The molecule has 0 aliphatic carbocycles. The molecule has 0 amide bonds. The van der Waals surface area contributed by atoms with Crippen molar-refractivity contribution in [1.82, 2.24) is 5.32 Å². The van der Waals surface area contributed by atoms with Gasteiger partial charge in [-0.1, -0.05) is 11.6 Å². The third kappa shape index (κ3) is 3.62. The number of rotatable bonds is 5. The summed E-state index contributed by atoms with van der Waals surface area (Å²) in [5.74, 6) is 0.215. The van der Waals surface area contributed by atoms with Gasteiger partial charge in [-0.05, 0) is 39.1 Å². The van der Waals surface area contributed by atoms with E-state index in [1.54, 1.807) is 19.1 Å². The van der Waals surface area contributed by atoms with Crippen LogP contribution in [0.4, 0.5) is 0 Å². The molecule has 0 radical (unpaired) electrons. The van der Waals surface area contributed by atoms with E-state index in [9.17, 15) is 4.79 Å². The molecular formula is C13H18ClNO3. The third-order valence-electron chi connectivity index (χ3n) is 2.71. The van der Waals surface area contributed by atoms with Crippen LogP contribution in [0.15, 0.2) is 18.2 Å². The highest BCUT2D eigenvalue weighted by molar-refractivity contribution is 6.30. The molecular weight excluding hydrogens is 254 g/mol. The van der Waals surface area contributed by atoms with Crippen LogP contribution in [0.3, 0.4) is 0 Å². The lowest BCUT2D eigenvalue weighted by Gasteiger charge is -2.19. The SMILES string of the molecule is CNC(C)c1cc(Cl)ccc1OC(C)C(=O)OC. The van der Waals surface area contributed by atoms with Gasteiger partial charge in [0.25, 0.3) is 0 Å². The fraction of sp³-hybridized carbons (Fsp3) is 0.462. The van der Waals surface area contributed by atoms with Crippen molar-refractivity contribution in [3.8, 4) is 5.75 Å². The number of hydrogen-bond acceptors (Lipinski definition) is 4. The molecule has 2 atom stereocenters. The zero-order chi connectivity index (χ0) is 13.7. The van der Waals surface area contributed by atoms with E-state index in [-0.39, 0.29) is 6.04 Å². The third-order valence-corrected chi connectivity index (χ3v) is 2.94. The van der Waals surface area contributed by atoms with Gasteiger partial charge in [0.2, 0.25) is 0 Å². The van der Waals surface area contributed by atoms with Crippen molar-refractivity contribution >= 4 is 17.6 Å². The van der Waals surface area contributed by atoms with E-state index in [1.165, 1.54) is 7.11 Å². The predicted molar refractivity (Wildman–Crippen MR) is 71.0 cm³/mol. The molecule has 0 spiro atoms. The molecule has 0 aromatic heterocycles. The second-order valence-corrected chi connectivity index (χ2v) is 4.41. The van der Waals surface area contributed by atoms with E-state index in [1.807, 2.05) is 20.0 Å². The summed E-state index contributed by atoms with van der Waals surface area (Å²) in [6.45, 7) is 3.63. The van der Waals surface area contributed by atoms with Crippen LogP contribution in [0.1, 0.15) is 25.5 Å². The first-order valence-electron chi connectivity index (χ1n) is 5.70. The van der Waals surface area contributed by atoms with Crippen molar-refractivity contribution in [2.75, 3.05) is 14.2 Å². The summed E-state index contributed by atoms with van der Waals surface area (Å²) in [7, 11) is 3.18. The number of nitrogens with one attached hydrogen (secondary N) is 1. The summed E-state index contributed by atoms with van der Waals surface area (Å²) in [5, 5.41) is 3.74. The van der Waals surface area contributed by atoms with Crippen LogP contribution in [-0.2, 0) is 9.53 Å². The zero-order valence-electron chi connectivity index (χ0n) is 11.0. The molecule has 0 saturated heterocycles. The topological polar surface area (TPSA) is 47.6 Å². The minimum absolute atomic E-state index is 0.0727. The van der Waals surface area contributed by atoms with Crippen molar-refractivity contribution in [3.63, 3.8) is 0 Å². The van der Waals surface area contributed by atoms with E-state index in [0.29, 0.717) is 10.8 Å². The Morgan fingerprint density at radius 3 is 2.61 bits per heavy atom. The van der Waals surface area contributed by atoms with Crippen molar-refractivity contribution in [3.05, 3.63) is 28.8 Å². The molecule has 1 rings (SSSR count). The van der Waals surface area contributed by atoms with Crippen LogP contribution in [0.25, 0.3) is 0 Å². The Balaban J connectivity index is 2.97. The second-order valence-electron chi connectivity index (χ2n) is 3.98. The molecule has 100 valence electrons. The van der Waals surface area contributed by atoms with Crippen LogP contribution in [-0.4, -0.2) is 26.2 Å². The number of carbonyl (C=O) groups excluding carboxylic acids is 1. The molecule has 0 fully saturated rings. The van der Waals surface area contributed by atoms with Gasteiger partial charge in [0.15, 0.2) is 6.10 Å². The standard InChI is InChI=1S/C13H18ClNO3/c1-8(15-3)11-7-10(14)5-6-12(11)18-9(2)13(16)17-4/h5-9,15H,1-4H3. The highest BCUT2D eigenvalue weighted by atomic mass is 35.5. The molecule has 0 aliphatic rings. The molecule has 1 N–H and O–H groups in total. The van der Waals surface area contributed by atoms with Gasteiger partial charge in [0, 0.05) is 16.6 Å². The molecule has 1 aromatic rings. The van der Waals surface area contributed by atoms with Gasteiger partial charge in [-0.25, -0.2) is 4.79 Å². The van der Waals surface area contributed by atoms with E-state index >= 15 is 0 Å². The number of esters is 1. The van der Waals surface area contributed by atoms with Gasteiger partial charge >= 0.3 is 5.97 Å². The summed E-state index contributed by atoms with van der Waals surface area (Å²) in [6, 6.07) is 5.38. The summed E-state index contributed by atoms with van der Waals surface area (Å²) in [5.41, 5.74) is 0.903. The fourth-order valence-electron chi connectivity index (χ4n) is 1.53. The Bertz CT molecular complexity index is 423. The van der Waals surface area contributed by atoms with Crippen molar-refractivity contribution in [1.29, 1.82) is 0 Å². The van der Waals surface area contributed by atoms with E-state index in [4.69, 9.17) is 16.3 Å². The summed E-state index contributed by atoms with van der Waals surface area (Å²) in [6.07, 6.45) is -0.654. The lowest BCUT2D eigenvalue weighted by Crippen LogP contribution is -2.26. The maximum Gasteiger partial charge on any atom is 0.346 e. The molecule has 18 heavy (non-hydrogen) atoms. The molecule has 0 heterocycles. The van der Waals surface area contributed by atoms with Crippen molar-refractivity contribution in [2.24, 2.45) is 0 Å². The normalized spacial score (nSPS) is 13.8. The fourth-order valence-corrected chi connectivity index (χ4v) is 1.71. The molecule has 0 bridgehead atoms. The van der Waals surface area contributed by atoms with Gasteiger partial charge in [0.05, 0.1) is 7.11 Å². The second kappa shape index (κ2) is 6.61. The Kier molecular flexibility index (Phi) is 5.44. The monoisotopic (exact) mass is 271 g/mol. The van der Waals surface area contributed by atoms with Crippen molar-refractivity contribution in [2.45, 2.75) is 26.0 Å². The first kappa shape index (κ1) is 14.8. The first-order valence-corrected chi connectivity index (χ1v) is 6.08. The molecule has 2 unspecified atom stereocenters. The van der Waals surface area contributed by atoms with Crippen LogP contribution >= 0.6 is 11.6 Å². The van der Waals surface area contributed by atoms with Gasteiger partial charge in [-0.15, -0.1) is 0 Å². The number of methoxy groups -OCH3 is 1. The summed E-state index contributed by atoms with van der Waals surface area (Å²) >= 11 is 5.97. The lowest BCUT2D eigenvalue weighted by molar-refractivity contribution is -0.147. The highest BCUT2D eigenvalue weighted by Crippen LogP contribution is 2.29. The van der Waals surface area contributed by atoms with Crippen LogP contribution in [0, 0.1) is 0 Å². The smallest absolute Gasteiger partial charge is 0.346 e. The maximum atomic E-state index is 11.3. The molecule has 0 saturated carbocycles. The van der Waals surface area contributed by atoms with Crippen LogP contribution in [0.5, 0.6) is 5.75 Å². The minimum Gasteiger partial charge on any atom is -0.479 e. The minimum atomic E-state index is -0.654. The van der Waals surface area contributed by atoms with Gasteiger partial charge in [-0.3, -0.25) is 0 Å². The van der Waals surface area contributed by atoms with Gasteiger partial charge in [0.1, 0.15) is 5.75 Å². The summed E-state index contributed by atoms with van der Waals surface area (Å²) < 4.78 is 10.2. The van der Waals surface area contributed by atoms with Crippen LogP contribution in [0.2, 0.25) is 5.02 Å². The predicted octanol–water partition coefficient (Wildman–Crippen LogP) is 2.56. The number of ether oxygens (including phenoxy) is 2. The molecule has 5 heteroatoms. The number of carbonyl (C=O) groups is 1. The Morgan fingerprint density at radius 2 is 2.06 bits per heavy atom. The average molecular weight is 272 g/mol. The zero-order valence-corrected chi connectivity index (χ0v) is 11.7. The van der Waals surface area contributed by atoms with Gasteiger partial charge in [-0.2, -0.15) is 0 Å². The number of benzene rings is 1. The molecule has 0 aliphatic heterocycles. The molecule has 4 nitrogen and oxygen atoms in total. The van der Waals surface area contributed by atoms with E-state index in [2.05, 4.69) is 10.1 Å². The molecule has 1 aromatic carbocycles. The van der Waals surface area contributed by atoms with E-state index < -0.39 is 12.1 Å². The van der Waals surface area contributed by atoms with E-state index in [0.717, 1.165) is 5.56 Å². The van der Waals surface area contributed by atoms with Crippen LogP contribution < -0.4 is 10.1 Å². The largest absolute Gasteiger partial charge is 0.479 e. The Morgan fingerprint density at radius 1 is 1.39 bits per heavy atom. The number of halogens is 1. The Labute approximate surface area is 112 Å². The van der Waals surface area contributed by atoms with Gasteiger partial charge < -0.3 is 14.8 Å². The lowest BCUT2D eigenvalue weighted by atomic mass is 10.1. The summed E-state index contributed by atoms with van der Waals surface area (Å²) in [4.78, 5) is 11.3. The average Bonchev–Trinajstić information content (AvgIpc) is 2.38. The maximum absolute atomic E-state index is 11.3. The quantitative estimate of drug-likeness (QED) is 0.836. The van der Waals surface area contributed by atoms with Crippen molar-refractivity contribution < 1.29 is 14.3 Å². The number of hydrogen-bond donors (Lipinski definition) is 1. The first-order chi connectivity index (χ1) is 8.49. The highest BCUT2D eigenvalue weighted by Gasteiger charge is 2.18.